The smallest absolute Gasteiger partial charge is 0.166 e. The van der Waals surface area contributed by atoms with Crippen LogP contribution in [0, 0.1) is 5.92 Å². The first-order chi connectivity index (χ1) is 10.7. The Balaban J connectivity index is 1.52. The van der Waals surface area contributed by atoms with Crippen LogP contribution in [0.3, 0.4) is 0 Å². The van der Waals surface area contributed by atoms with E-state index in [1.807, 2.05) is 36.5 Å². The van der Waals surface area contributed by atoms with Gasteiger partial charge in [0.2, 0.25) is 0 Å². The number of Topliss-reactive ketones (excluding diaryl/α,β-unsaturated/α-hetero) is 1. The van der Waals surface area contributed by atoms with E-state index in [9.17, 15) is 9.00 Å². The summed E-state index contributed by atoms with van der Waals surface area (Å²) in [5.74, 6) is 0.256. The van der Waals surface area contributed by atoms with Crippen molar-refractivity contribution in [1.82, 2.24) is 9.78 Å². The SMILES string of the molecule is O=C(c1ccc(-n2cccn2)cc1)C1CC2CCC(C1)S2=O. The van der Waals surface area contributed by atoms with Crippen molar-refractivity contribution in [3.8, 4) is 5.69 Å². The Hall–Kier alpha value is -1.75. The van der Waals surface area contributed by atoms with Crippen LogP contribution in [0.25, 0.3) is 5.69 Å². The normalized spacial score (nSPS) is 30.4. The Bertz CT molecular complexity index is 693. The van der Waals surface area contributed by atoms with Gasteiger partial charge in [-0.2, -0.15) is 5.10 Å². The fraction of sp³-hybridized carbons (Fsp3) is 0.412. The average Bonchev–Trinajstić information content (AvgIpc) is 3.13. The maximum atomic E-state index is 12.7. The van der Waals surface area contributed by atoms with Crippen molar-refractivity contribution in [1.29, 1.82) is 0 Å². The molecule has 1 aromatic carbocycles. The number of fused-ring (bicyclic) bond motifs is 2. The second-order valence-electron chi connectivity index (χ2n) is 6.18. The van der Waals surface area contributed by atoms with Gasteiger partial charge >= 0.3 is 0 Å². The van der Waals surface area contributed by atoms with Crippen LogP contribution < -0.4 is 0 Å². The van der Waals surface area contributed by atoms with Crippen LogP contribution >= 0.6 is 0 Å². The molecule has 4 rings (SSSR count). The van der Waals surface area contributed by atoms with E-state index in [2.05, 4.69) is 5.10 Å². The summed E-state index contributed by atoms with van der Waals surface area (Å²) < 4.78 is 13.8. The monoisotopic (exact) mass is 314 g/mol. The molecule has 5 heteroatoms. The third kappa shape index (κ3) is 2.33. The number of ketones is 1. The molecule has 0 aliphatic carbocycles. The van der Waals surface area contributed by atoms with Crippen molar-refractivity contribution >= 4 is 16.6 Å². The largest absolute Gasteiger partial charge is 0.294 e. The summed E-state index contributed by atoms with van der Waals surface area (Å²) in [7, 11) is -0.700. The highest BCUT2D eigenvalue weighted by Gasteiger charge is 2.42. The van der Waals surface area contributed by atoms with Crippen molar-refractivity contribution in [2.24, 2.45) is 5.92 Å². The van der Waals surface area contributed by atoms with E-state index in [0.29, 0.717) is 0 Å². The number of benzene rings is 1. The minimum Gasteiger partial charge on any atom is -0.294 e. The number of carbonyl (C=O) groups is 1. The fourth-order valence-electron chi connectivity index (χ4n) is 3.68. The Morgan fingerprint density at radius 3 is 2.41 bits per heavy atom. The second-order valence-corrected chi connectivity index (χ2v) is 8.17. The molecule has 2 bridgehead atoms. The highest BCUT2D eigenvalue weighted by molar-refractivity contribution is 7.86. The van der Waals surface area contributed by atoms with E-state index < -0.39 is 10.8 Å². The summed E-state index contributed by atoms with van der Waals surface area (Å²) >= 11 is 0. The average molecular weight is 314 g/mol. The summed E-state index contributed by atoms with van der Waals surface area (Å²) in [5.41, 5.74) is 1.71. The third-order valence-electron chi connectivity index (χ3n) is 4.85. The minimum atomic E-state index is -0.700. The molecule has 22 heavy (non-hydrogen) atoms. The zero-order valence-electron chi connectivity index (χ0n) is 12.2. The molecule has 2 aliphatic heterocycles. The Labute approximate surface area is 132 Å². The molecule has 4 nitrogen and oxygen atoms in total. The number of rotatable bonds is 3. The van der Waals surface area contributed by atoms with E-state index in [0.717, 1.165) is 36.9 Å². The van der Waals surface area contributed by atoms with Gasteiger partial charge in [0.05, 0.1) is 5.69 Å². The topological polar surface area (TPSA) is 52.0 Å². The molecular weight excluding hydrogens is 296 g/mol. The van der Waals surface area contributed by atoms with E-state index >= 15 is 0 Å². The lowest BCUT2D eigenvalue weighted by atomic mass is 9.90. The summed E-state index contributed by atoms with van der Waals surface area (Å²) in [5, 5.41) is 4.68. The number of hydrogen-bond donors (Lipinski definition) is 0. The number of carbonyl (C=O) groups excluding carboxylic acids is 1. The van der Waals surface area contributed by atoms with E-state index in [1.165, 1.54) is 0 Å². The number of nitrogens with zero attached hydrogens (tertiary/aromatic N) is 2. The van der Waals surface area contributed by atoms with E-state index in [-0.39, 0.29) is 22.2 Å². The zero-order valence-corrected chi connectivity index (χ0v) is 13.0. The summed E-state index contributed by atoms with van der Waals surface area (Å²) in [6.07, 6.45) is 7.26. The lowest BCUT2D eigenvalue weighted by Gasteiger charge is -2.26. The van der Waals surface area contributed by atoms with Crippen LogP contribution in [0.15, 0.2) is 42.7 Å². The molecular formula is C17H18N2O2S. The molecule has 0 radical (unpaired) electrons. The minimum absolute atomic E-state index is 0.0470. The number of hydrogen-bond acceptors (Lipinski definition) is 3. The molecule has 2 unspecified atom stereocenters. The molecule has 114 valence electrons. The zero-order chi connectivity index (χ0) is 15.1. The Morgan fingerprint density at radius 2 is 1.82 bits per heavy atom. The van der Waals surface area contributed by atoms with Crippen molar-refractivity contribution < 1.29 is 9.00 Å². The first kappa shape index (κ1) is 13.9. The van der Waals surface area contributed by atoms with E-state index in [4.69, 9.17) is 0 Å². The fourth-order valence-corrected chi connectivity index (χ4v) is 5.81. The maximum absolute atomic E-state index is 12.7. The first-order valence-corrected chi connectivity index (χ1v) is 9.03. The predicted octanol–water partition coefficient (Wildman–Crippen LogP) is 2.74. The van der Waals surface area contributed by atoms with Crippen LogP contribution in [-0.4, -0.2) is 30.3 Å². The van der Waals surface area contributed by atoms with Gasteiger partial charge in [-0.3, -0.25) is 9.00 Å². The standard InChI is InChI=1S/C17H18N2O2S/c20-17(13-10-15-6-7-16(11-13)22(15)21)12-2-4-14(5-3-12)19-9-1-8-18-19/h1-5,8-9,13,15-16H,6-7,10-11H2. The van der Waals surface area contributed by atoms with Gasteiger partial charge in [-0.15, -0.1) is 0 Å². The maximum Gasteiger partial charge on any atom is 0.166 e. The first-order valence-electron chi connectivity index (χ1n) is 7.76. The van der Waals surface area contributed by atoms with Gasteiger partial charge in [0.25, 0.3) is 0 Å². The number of aromatic nitrogens is 2. The van der Waals surface area contributed by atoms with Gasteiger partial charge in [0, 0.05) is 45.2 Å². The highest BCUT2D eigenvalue weighted by Crippen LogP contribution is 2.39. The van der Waals surface area contributed by atoms with Crippen LogP contribution in [-0.2, 0) is 10.8 Å². The molecule has 3 heterocycles. The molecule has 2 aromatic rings. The molecule has 2 fully saturated rings. The molecule has 1 aromatic heterocycles. The van der Waals surface area contributed by atoms with E-state index in [1.54, 1.807) is 10.9 Å². The van der Waals surface area contributed by atoms with Gasteiger partial charge in [0.15, 0.2) is 5.78 Å². The second kappa shape index (κ2) is 5.47. The van der Waals surface area contributed by atoms with Crippen molar-refractivity contribution in [3.63, 3.8) is 0 Å². The quantitative estimate of drug-likeness (QED) is 0.819. The van der Waals surface area contributed by atoms with Crippen LogP contribution in [0.2, 0.25) is 0 Å². The summed E-state index contributed by atoms with van der Waals surface area (Å²) in [4.78, 5) is 12.7. The van der Waals surface area contributed by atoms with Gasteiger partial charge in [-0.05, 0) is 56.0 Å². The molecule has 0 N–H and O–H groups in total. The molecule has 2 aliphatic rings. The third-order valence-corrected chi connectivity index (χ3v) is 7.02. The molecule has 0 saturated carbocycles. The lowest BCUT2D eigenvalue weighted by molar-refractivity contribution is 0.0906. The van der Waals surface area contributed by atoms with Gasteiger partial charge < -0.3 is 0 Å². The van der Waals surface area contributed by atoms with Crippen molar-refractivity contribution in [2.45, 2.75) is 36.2 Å². The van der Waals surface area contributed by atoms with Crippen LogP contribution in [0.4, 0.5) is 0 Å². The molecule has 2 atom stereocenters. The molecule has 0 spiro atoms. The van der Waals surface area contributed by atoms with Gasteiger partial charge in [-0.25, -0.2) is 4.68 Å². The van der Waals surface area contributed by atoms with Crippen molar-refractivity contribution in [2.75, 3.05) is 0 Å². The highest BCUT2D eigenvalue weighted by atomic mass is 32.2. The molecule has 2 saturated heterocycles. The molecule has 0 amide bonds. The predicted molar refractivity (Wildman–Crippen MR) is 85.6 cm³/mol. The lowest BCUT2D eigenvalue weighted by Crippen LogP contribution is -2.32. The van der Waals surface area contributed by atoms with Gasteiger partial charge in [0.1, 0.15) is 0 Å². The van der Waals surface area contributed by atoms with Crippen LogP contribution in [0.5, 0.6) is 0 Å². The Morgan fingerprint density at radius 1 is 1.14 bits per heavy atom. The van der Waals surface area contributed by atoms with Crippen molar-refractivity contribution in [3.05, 3.63) is 48.3 Å². The Kier molecular flexibility index (Phi) is 3.45. The summed E-state index contributed by atoms with van der Waals surface area (Å²) in [6, 6.07) is 9.49. The van der Waals surface area contributed by atoms with Gasteiger partial charge in [-0.1, -0.05) is 0 Å². The summed E-state index contributed by atoms with van der Waals surface area (Å²) in [6.45, 7) is 0. The van der Waals surface area contributed by atoms with Crippen LogP contribution in [0.1, 0.15) is 36.0 Å².